The average molecular weight is 419 g/mol. The highest BCUT2D eigenvalue weighted by Gasteiger charge is 2.24. The summed E-state index contributed by atoms with van der Waals surface area (Å²) in [6.45, 7) is 7.25. The number of carbonyl (C=O) groups excluding carboxylic acids is 1. The molecular formula is C26H30N2O3. The molecule has 0 aliphatic carbocycles. The predicted octanol–water partition coefficient (Wildman–Crippen LogP) is 4.14. The van der Waals surface area contributed by atoms with Crippen molar-refractivity contribution < 1.29 is 9.53 Å². The summed E-state index contributed by atoms with van der Waals surface area (Å²) in [6, 6.07) is 12.5. The number of benzene rings is 2. The molecule has 0 saturated carbocycles. The highest BCUT2D eigenvalue weighted by Crippen LogP contribution is 2.36. The molecule has 4 rings (SSSR count). The summed E-state index contributed by atoms with van der Waals surface area (Å²) >= 11 is 0. The van der Waals surface area contributed by atoms with Gasteiger partial charge >= 0.3 is 0 Å². The van der Waals surface area contributed by atoms with Gasteiger partial charge < -0.3 is 14.6 Å². The molecule has 31 heavy (non-hydrogen) atoms. The van der Waals surface area contributed by atoms with Crippen LogP contribution in [-0.2, 0) is 35.5 Å². The largest absolute Gasteiger partial charge is 0.374 e. The fourth-order valence-corrected chi connectivity index (χ4v) is 4.42. The van der Waals surface area contributed by atoms with E-state index in [0.717, 1.165) is 45.1 Å². The van der Waals surface area contributed by atoms with E-state index in [2.05, 4.69) is 23.5 Å². The van der Waals surface area contributed by atoms with Crippen molar-refractivity contribution in [2.75, 3.05) is 7.05 Å². The molecule has 0 fully saturated rings. The van der Waals surface area contributed by atoms with Gasteiger partial charge in [0, 0.05) is 31.0 Å². The Kier molecular flexibility index (Phi) is 5.96. The Bertz CT molecular complexity index is 1210. The number of aromatic nitrogens is 1. The van der Waals surface area contributed by atoms with Gasteiger partial charge in [-0.15, -0.1) is 0 Å². The van der Waals surface area contributed by atoms with Crippen molar-refractivity contribution in [1.82, 2.24) is 9.88 Å². The van der Waals surface area contributed by atoms with Gasteiger partial charge in [0.05, 0.1) is 18.4 Å². The number of nitrogens with one attached hydrogen (secondary N) is 1. The van der Waals surface area contributed by atoms with Crippen LogP contribution in [0.4, 0.5) is 0 Å². The van der Waals surface area contributed by atoms with E-state index >= 15 is 0 Å². The normalized spacial score (nSPS) is 12.7. The summed E-state index contributed by atoms with van der Waals surface area (Å²) in [5.74, 6) is 0.000304. The Labute approximate surface area is 183 Å². The molecule has 2 aromatic carbocycles. The fraction of sp³-hybridized carbons (Fsp3) is 0.385. The van der Waals surface area contributed by atoms with E-state index in [1.54, 1.807) is 7.05 Å². The number of amides is 1. The van der Waals surface area contributed by atoms with Crippen molar-refractivity contribution in [1.29, 1.82) is 0 Å². The molecular weight excluding hydrogens is 388 g/mol. The van der Waals surface area contributed by atoms with Gasteiger partial charge in [-0.25, -0.2) is 0 Å². The Morgan fingerprint density at radius 3 is 2.71 bits per heavy atom. The molecule has 0 unspecified atom stereocenters. The lowest BCUT2D eigenvalue weighted by Gasteiger charge is -2.27. The summed E-state index contributed by atoms with van der Waals surface area (Å²) in [4.78, 5) is 25.5. The number of rotatable bonds is 6. The van der Waals surface area contributed by atoms with Gasteiger partial charge in [0.15, 0.2) is 0 Å². The molecule has 162 valence electrons. The zero-order valence-electron chi connectivity index (χ0n) is 18.7. The minimum absolute atomic E-state index is 0.000304. The van der Waals surface area contributed by atoms with Gasteiger partial charge in [-0.2, -0.15) is 0 Å². The summed E-state index contributed by atoms with van der Waals surface area (Å²) in [6.07, 6.45) is 1.94. The first-order valence-electron chi connectivity index (χ1n) is 11.0. The number of pyridine rings is 1. The molecule has 0 saturated heterocycles. The number of aryl methyl sites for hydroxylation is 3. The molecule has 0 atom stereocenters. The number of ether oxygens (including phenoxy) is 1. The third-order valence-electron chi connectivity index (χ3n) is 6.03. The van der Waals surface area contributed by atoms with Crippen LogP contribution in [0.25, 0.3) is 22.0 Å². The molecule has 1 aliphatic heterocycles. The lowest BCUT2D eigenvalue weighted by Crippen LogP contribution is -2.28. The minimum atomic E-state index is 0.000304. The Morgan fingerprint density at radius 1 is 1.16 bits per heavy atom. The van der Waals surface area contributed by atoms with E-state index in [9.17, 15) is 9.59 Å². The smallest absolute Gasteiger partial charge is 0.258 e. The van der Waals surface area contributed by atoms with Gasteiger partial charge in [0.25, 0.3) is 5.56 Å². The van der Waals surface area contributed by atoms with Crippen LogP contribution in [0.3, 0.4) is 0 Å². The van der Waals surface area contributed by atoms with Crippen LogP contribution in [-0.4, -0.2) is 23.6 Å². The fourth-order valence-electron chi connectivity index (χ4n) is 4.42. The van der Waals surface area contributed by atoms with E-state index in [1.807, 2.05) is 43.5 Å². The molecule has 2 heterocycles. The van der Waals surface area contributed by atoms with Crippen LogP contribution in [0.5, 0.6) is 0 Å². The van der Waals surface area contributed by atoms with Crippen LogP contribution < -0.4 is 10.9 Å². The van der Waals surface area contributed by atoms with Crippen LogP contribution in [0, 0.1) is 6.92 Å². The lowest BCUT2D eigenvalue weighted by atomic mass is 9.88. The molecule has 3 aromatic rings. The van der Waals surface area contributed by atoms with Crippen molar-refractivity contribution in [3.63, 3.8) is 0 Å². The zero-order chi connectivity index (χ0) is 22.1. The van der Waals surface area contributed by atoms with E-state index < -0.39 is 0 Å². The molecule has 1 aromatic heterocycles. The minimum Gasteiger partial charge on any atom is -0.374 e. The Balaban J connectivity index is 1.94. The number of carbonyl (C=O) groups is 1. The monoisotopic (exact) mass is 418 g/mol. The van der Waals surface area contributed by atoms with Gasteiger partial charge in [-0.1, -0.05) is 29.8 Å². The maximum Gasteiger partial charge on any atom is 0.258 e. The number of hydrogen-bond acceptors (Lipinski definition) is 3. The van der Waals surface area contributed by atoms with Crippen molar-refractivity contribution >= 4 is 16.7 Å². The first-order chi connectivity index (χ1) is 14.9. The van der Waals surface area contributed by atoms with Gasteiger partial charge in [-0.3, -0.25) is 9.59 Å². The molecule has 5 nitrogen and oxygen atoms in total. The molecule has 0 spiro atoms. The van der Waals surface area contributed by atoms with Crippen LogP contribution in [0.15, 0.2) is 41.2 Å². The van der Waals surface area contributed by atoms with E-state index in [4.69, 9.17) is 4.74 Å². The van der Waals surface area contributed by atoms with Crippen LogP contribution in [0.1, 0.15) is 42.5 Å². The highest BCUT2D eigenvalue weighted by atomic mass is 16.5. The quantitative estimate of drug-likeness (QED) is 0.655. The van der Waals surface area contributed by atoms with Crippen LogP contribution >= 0.6 is 0 Å². The summed E-state index contributed by atoms with van der Waals surface area (Å²) in [5, 5.41) is 4.40. The van der Waals surface area contributed by atoms with E-state index in [0.29, 0.717) is 26.0 Å². The summed E-state index contributed by atoms with van der Waals surface area (Å²) in [7, 11) is 1.66. The van der Waals surface area contributed by atoms with Gasteiger partial charge in [0.2, 0.25) is 5.91 Å². The van der Waals surface area contributed by atoms with Gasteiger partial charge in [0.1, 0.15) is 0 Å². The second-order valence-electron chi connectivity index (χ2n) is 8.61. The molecule has 1 aliphatic rings. The first kappa shape index (κ1) is 21.3. The van der Waals surface area contributed by atoms with Crippen molar-refractivity contribution in [3.8, 4) is 11.3 Å². The highest BCUT2D eigenvalue weighted by molar-refractivity contribution is 5.92. The predicted molar refractivity (Wildman–Crippen MR) is 124 cm³/mol. The molecule has 1 N–H and O–H groups in total. The van der Waals surface area contributed by atoms with Crippen molar-refractivity contribution in [2.45, 2.75) is 59.3 Å². The molecule has 5 heteroatoms. The molecule has 1 amide bonds. The average Bonchev–Trinajstić information content (AvgIpc) is 2.77. The van der Waals surface area contributed by atoms with Crippen molar-refractivity contribution in [2.24, 2.45) is 0 Å². The second kappa shape index (κ2) is 8.67. The number of fused-ring (bicyclic) bond motifs is 4. The maximum absolute atomic E-state index is 13.4. The summed E-state index contributed by atoms with van der Waals surface area (Å²) < 4.78 is 7.73. The first-order valence-corrected chi connectivity index (χ1v) is 11.0. The number of hydrogen-bond donors (Lipinski definition) is 1. The summed E-state index contributed by atoms with van der Waals surface area (Å²) in [5.41, 5.74) is 6.55. The molecule has 0 radical (unpaired) electrons. The second-order valence-corrected chi connectivity index (χ2v) is 8.61. The van der Waals surface area contributed by atoms with Crippen molar-refractivity contribution in [3.05, 3.63) is 69.0 Å². The molecule has 0 bridgehead atoms. The third kappa shape index (κ3) is 4.15. The Hall–Kier alpha value is -2.92. The SMILES string of the molecule is CNC(=O)CCc1c2n(c(=O)c3cc(C)ccc13)CCc1ccc(COC(C)C)cc1-2. The van der Waals surface area contributed by atoms with Gasteiger partial charge in [-0.05, 0) is 67.8 Å². The third-order valence-corrected chi connectivity index (χ3v) is 6.03. The maximum atomic E-state index is 13.4. The number of nitrogens with zero attached hydrogens (tertiary/aromatic N) is 1. The Morgan fingerprint density at radius 2 is 1.97 bits per heavy atom. The van der Waals surface area contributed by atoms with E-state index in [-0.39, 0.29) is 17.6 Å². The van der Waals surface area contributed by atoms with E-state index in [1.165, 1.54) is 5.56 Å². The standard InChI is InChI=1S/C26H30N2O3/c1-16(2)31-15-18-6-7-19-11-12-28-25(22(19)14-18)21(9-10-24(29)27-4)20-8-5-17(3)13-23(20)26(28)30/h5-8,13-14,16H,9-12,15H2,1-4H3,(H,27,29). The zero-order valence-corrected chi connectivity index (χ0v) is 18.7. The lowest BCUT2D eigenvalue weighted by molar-refractivity contribution is -0.120. The topological polar surface area (TPSA) is 60.3 Å². The van der Waals surface area contributed by atoms with Crippen LogP contribution in [0.2, 0.25) is 0 Å².